The fourth-order valence-electron chi connectivity index (χ4n) is 6.08. The number of allylic oxidation sites excluding steroid dienone is 2. The number of nitrogens with one attached hydrogen (secondary N) is 1. The number of likely N-dealkylation sites (tertiary alicyclic amines) is 1. The van der Waals surface area contributed by atoms with Crippen molar-refractivity contribution >= 4 is 17.7 Å². The lowest BCUT2D eigenvalue weighted by atomic mass is 9.71. The highest BCUT2D eigenvalue weighted by atomic mass is 16.5. The van der Waals surface area contributed by atoms with E-state index >= 15 is 0 Å². The van der Waals surface area contributed by atoms with E-state index < -0.39 is 0 Å². The predicted octanol–water partition coefficient (Wildman–Crippen LogP) is 2.55. The maximum absolute atomic E-state index is 13.4. The van der Waals surface area contributed by atoms with Crippen LogP contribution in [0.4, 0.5) is 0 Å². The van der Waals surface area contributed by atoms with Crippen molar-refractivity contribution in [2.75, 3.05) is 19.7 Å². The van der Waals surface area contributed by atoms with Crippen molar-refractivity contribution in [1.29, 1.82) is 0 Å². The Kier molecular flexibility index (Phi) is 5.90. The summed E-state index contributed by atoms with van der Waals surface area (Å²) in [7, 11) is 0. The average Bonchev–Trinajstić information content (AvgIpc) is 3.27. The Labute approximate surface area is 211 Å². The maximum atomic E-state index is 13.4. The highest BCUT2D eigenvalue weighted by Gasteiger charge is 2.50. The summed E-state index contributed by atoms with van der Waals surface area (Å²) in [5.74, 6) is 0.742. The molecule has 1 N–H and O–H groups in total. The summed E-state index contributed by atoms with van der Waals surface area (Å²) in [5.41, 5.74) is 3.62. The first-order chi connectivity index (χ1) is 17.4. The zero-order valence-corrected chi connectivity index (χ0v) is 21.2. The van der Waals surface area contributed by atoms with Crippen LogP contribution < -0.4 is 10.00 Å². The molecule has 0 aromatic carbocycles. The molecule has 6 rings (SSSR count). The number of rotatable bonds is 4. The predicted molar refractivity (Wildman–Crippen MR) is 133 cm³/mol. The molecular weight excluding hydrogens is 456 g/mol. The van der Waals surface area contributed by atoms with E-state index in [0.717, 1.165) is 69.4 Å². The molecule has 1 atom stereocenters. The van der Waals surface area contributed by atoms with Gasteiger partial charge in [-0.25, -0.2) is 4.79 Å². The summed E-state index contributed by atoms with van der Waals surface area (Å²) in [6.45, 7) is 5.65. The molecule has 1 amide bonds. The molecule has 1 unspecified atom stereocenters. The number of nitrogens with zero attached hydrogens (tertiary/aromatic N) is 5. The van der Waals surface area contributed by atoms with E-state index in [1.54, 1.807) is 6.92 Å². The lowest BCUT2D eigenvalue weighted by molar-refractivity contribution is -0.624. The number of carbonyl (C=O) groups is 2. The average molecular weight is 492 g/mol. The number of aromatic nitrogens is 3. The van der Waals surface area contributed by atoms with E-state index in [9.17, 15) is 9.59 Å². The van der Waals surface area contributed by atoms with Crippen molar-refractivity contribution in [3.63, 3.8) is 0 Å². The minimum Gasteiger partial charge on any atom is -0.456 e. The molecule has 190 valence electrons. The molecular formula is C27H35N6O3+. The SMILES string of the molecule is CC1=C(N2CCC3(CCC(NCC4=CN=C([n+]5cc6n(n5)C6C)C=CCCC4)CC3)C2=O)COC1=O. The van der Waals surface area contributed by atoms with Gasteiger partial charge in [-0.2, -0.15) is 4.68 Å². The summed E-state index contributed by atoms with van der Waals surface area (Å²) < 4.78 is 9.02. The number of hydrogen-bond acceptors (Lipinski definition) is 6. The number of hydrogen-bond donors (Lipinski definition) is 1. The van der Waals surface area contributed by atoms with Crippen LogP contribution in [0.2, 0.25) is 0 Å². The van der Waals surface area contributed by atoms with Crippen LogP contribution in [0.15, 0.2) is 46.4 Å². The van der Waals surface area contributed by atoms with Crippen LogP contribution in [0.25, 0.3) is 0 Å². The monoisotopic (exact) mass is 491 g/mol. The molecule has 2 fully saturated rings. The third-order valence-electron chi connectivity index (χ3n) is 8.67. The van der Waals surface area contributed by atoms with E-state index in [4.69, 9.17) is 9.73 Å². The molecule has 0 radical (unpaired) electrons. The molecule has 9 heteroatoms. The minimum atomic E-state index is -0.297. The Morgan fingerprint density at radius 1 is 1.25 bits per heavy atom. The van der Waals surface area contributed by atoms with Crippen molar-refractivity contribution in [2.45, 2.75) is 77.3 Å². The normalized spacial score (nSPS) is 30.1. The van der Waals surface area contributed by atoms with Gasteiger partial charge in [0.05, 0.1) is 16.7 Å². The Hall–Kier alpha value is -3.07. The standard InChI is InChI=1S/C27H35N6O3/c1-18-23(17-36-25(18)34)31-13-12-27(26(31)35)10-8-21(9-11-27)28-14-20-6-4-3-5-7-24(29-15-20)32-16-22-19(2)33(22)30-32/h5,7,15-16,19,21,28H,3-4,6,8-14,17H2,1-2H3/q+1. The Morgan fingerprint density at radius 3 is 2.81 bits per heavy atom. The topological polar surface area (TPSA) is 92.7 Å². The molecule has 1 aliphatic carbocycles. The number of ether oxygens (including phenoxy) is 1. The summed E-state index contributed by atoms with van der Waals surface area (Å²) in [6.07, 6.45) is 16.1. The maximum Gasteiger partial charge on any atom is 0.336 e. The molecule has 5 heterocycles. The molecule has 4 aliphatic heterocycles. The van der Waals surface area contributed by atoms with Crippen LogP contribution >= 0.6 is 0 Å². The van der Waals surface area contributed by atoms with Gasteiger partial charge in [0.1, 0.15) is 19.0 Å². The van der Waals surface area contributed by atoms with Crippen LogP contribution in [0.5, 0.6) is 0 Å². The third-order valence-corrected chi connectivity index (χ3v) is 8.67. The fraction of sp³-hybridized carbons (Fsp3) is 0.593. The van der Waals surface area contributed by atoms with E-state index in [-0.39, 0.29) is 23.9 Å². The van der Waals surface area contributed by atoms with Crippen molar-refractivity contribution in [3.8, 4) is 0 Å². The quantitative estimate of drug-likeness (QED) is 0.516. The lowest BCUT2D eigenvalue weighted by Gasteiger charge is -2.36. The van der Waals surface area contributed by atoms with E-state index in [2.05, 4.69) is 35.8 Å². The molecule has 1 saturated carbocycles. The van der Waals surface area contributed by atoms with Gasteiger partial charge in [0.15, 0.2) is 11.7 Å². The summed E-state index contributed by atoms with van der Waals surface area (Å²) in [4.78, 5) is 31.8. The van der Waals surface area contributed by atoms with Gasteiger partial charge in [0.2, 0.25) is 5.91 Å². The second-order valence-corrected chi connectivity index (χ2v) is 10.9. The minimum absolute atomic E-state index is 0.188. The summed E-state index contributed by atoms with van der Waals surface area (Å²) in [5, 5.41) is 8.33. The number of esters is 1. The van der Waals surface area contributed by atoms with Gasteiger partial charge in [0, 0.05) is 30.4 Å². The molecule has 0 bridgehead atoms. The van der Waals surface area contributed by atoms with Gasteiger partial charge in [-0.3, -0.25) is 4.79 Å². The first kappa shape index (κ1) is 23.3. The van der Waals surface area contributed by atoms with Gasteiger partial charge >= 0.3 is 5.97 Å². The molecule has 1 spiro atoms. The zero-order valence-electron chi connectivity index (χ0n) is 21.2. The highest BCUT2D eigenvalue weighted by Crippen LogP contribution is 2.46. The Morgan fingerprint density at radius 2 is 2.08 bits per heavy atom. The highest BCUT2D eigenvalue weighted by molar-refractivity contribution is 5.94. The van der Waals surface area contributed by atoms with Crippen molar-refractivity contribution in [2.24, 2.45) is 10.4 Å². The van der Waals surface area contributed by atoms with Crippen LogP contribution in [-0.2, 0) is 14.3 Å². The zero-order chi connectivity index (χ0) is 24.9. The van der Waals surface area contributed by atoms with Crippen molar-refractivity contribution in [3.05, 3.63) is 47.1 Å². The first-order valence-corrected chi connectivity index (χ1v) is 13.3. The largest absolute Gasteiger partial charge is 0.456 e. The second-order valence-electron chi connectivity index (χ2n) is 10.9. The molecule has 5 aliphatic rings. The number of aliphatic imine (C=N–C) groups is 1. The van der Waals surface area contributed by atoms with Crippen molar-refractivity contribution < 1.29 is 19.0 Å². The second kappa shape index (κ2) is 9.10. The Bertz CT molecular complexity index is 1190. The van der Waals surface area contributed by atoms with Crippen LogP contribution in [0.3, 0.4) is 0 Å². The van der Waals surface area contributed by atoms with Crippen LogP contribution in [0, 0.1) is 5.41 Å². The van der Waals surface area contributed by atoms with E-state index in [1.807, 2.05) is 20.5 Å². The van der Waals surface area contributed by atoms with Gasteiger partial charge < -0.3 is 15.0 Å². The number of carbonyl (C=O) groups excluding carboxylic acids is 2. The number of amides is 1. The number of fused-ring (bicyclic) bond motifs is 1. The summed E-state index contributed by atoms with van der Waals surface area (Å²) in [6, 6.07) is 0.835. The van der Waals surface area contributed by atoms with Crippen LogP contribution in [0.1, 0.15) is 76.9 Å². The van der Waals surface area contributed by atoms with Crippen LogP contribution in [-0.4, -0.2) is 58.2 Å². The van der Waals surface area contributed by atoms with E-state index in [0.29, 0.717) is 24.2 Å². The van der Waals surface area contributed by atoms with Gasteiger partial charge in [0.25, 0.3) is 5.84 Å². The molecule has 1 aromatic rings. The van der Waals surface area contributed by atoms with Gasteiger partial charge in [-0.1, -0.05) is 6.08 Å². The third kappa shape index (κ3) is 4.13. The van der Waals surface area contributed by atoms with Gasteiger partial charge in [-0.15, -0.1) is 9.67 Å². The molecule has 1 aromatic heterocycles. The number of cyclic esters (lactones) is 1. The van der Waals surface area contributed by atoms with E-state index in [1.165, 1.54) is 11.3 Å². The summed E-state index contributed by atoms with van der Waals surface area (Å²) >= 11 is 0. The lowest BCUT2D eigenvalue weighted by Crippen LogP contribution is -2.44. The smallest absolute Gasteiger partial charge is 0.336 e. The Balaban J connectivity index is 1.05. The molecule has 9 nitrogen and oxygen atoms in total. The molecule has 36 heavy (non-hydrogen) atoms. The van der Waals surface area contributed by atoms with Crippen molar-refractivity contribution in [1.82, 2.24) is 20.1 Å². The first-order valence-electron chi connectivity index (χ1n) is 13.3. The molecule has 1 saturated heterocycles. The van der Waals surface area contributed by atoms with Gasteiger partial charge in [-0.05, 0) is 70.8 Å². The fourth-order valence-corrected chi connectivity index (χ4v) is 6.08.